The molecule has 1 amide bonds. The van der Waals surface area contributed by atoms with E-state index in [-0.39, 0.29) is 17.1 Å². The Morgan fingerprint density at radius 1 is 1.04 bits per heavy atom. The first-order valence-corrected chi connectivity index (χ1v) is 9.10. The molecule has 0 aliphatic rings. The van der Waals surface area contributed by atoms with Crippen LogP contribution in [0.1, 0.15) is 38.3 Å². The van der Waals surface area contributed by atoms with Crippen molar-refractivity contribution < 1.29 is 9.18 Å². The van der Waals surface area contributed by atoms with Crippen molar-refractivity contribution in [3.8, 4) is 11.3 Å². The number of nitrogens with one attached hydrogen (secondary N) is 1. The fourth-order valence-electron chi connectivity index (χ4n) is 3.23. The van der Waals surface area contributed by atoms with Crippen LogP contribution in [0.2, 0.25) is 0 Å². The van der Waals surface area contributed by atoms with Gasteiger partial charge in [0.1, 0.15) is 5.82 Å². The van der Waals surface area contributed by atoms with E-state index in [0.29, 0.717) is 6.42 Å². The predicted octanol–water partition coefficient (Wildman–Crippen LogP) is 6.03. The Hall–Kier alpha value is -2.75. The van der Waals surface area contributed by atoms with Crippen molar-refractivity contribution in [3.05, 3.63) is 59.4 Å². The van der Waals surface area contributed by atoms with E-state index >= 15 is 0 Å². The van der Waals surface area contributed by atoms with Crippen molar-refractivity contribution in [1.29, 1.82) is 0 Å². The van der Waals surface area contributed by atoms with E-state index in [9.17, 15) is 9.18 Å². The molecule has 1 aromatic heterocycles. The number of fused-ring (bicyclic) bond motifs is 1. The number of carbonyl (C=O) groups excluding carboxylic acids is 1. The van der Waals surface area contributed by atoms with Gasteiger partial charge in [0.15, 0.2) is 0 Å². The Bertz CT molecular complexity index is 996. The molecule has 3 aromatic rings. The summed E-state index contributed by atoms with van der Waals surface area (Å²) >= 11 is 0. The van der Waals surface area contributed by atoms with Gasteiger partial charge < -0.3 is 5.32 Å². The molecule has 1 heterocycles. The van der Waals surface area contributed by atoms with Gasteiger partial charge >= 0.3 is 0 Å². The van der Waals surface area contributed by atoms with Crippen molar-refractivity contribution in [1.82, 2.24) is 4.98 Å². The first kappa shape index (κ1) is 19.0. The maximum atomic E-state index is 13.4. The molecular formula is C23H25FN2O. The minimum absolute atomic E-state index is 0.0207. The van der Waals surface area contributed by atoms with Gasteiger partial charge in [0.2, 0.25) is 5.91 Å². The average Bonchev–Trinajstić information content (AvgIpc) is 2.56. The Labute approximate surface area is 159 Å². The Morgan fingerprint density at radius 3 is 2.33 bits per heavy atom. The average molecular weight is 364 g/mol. The van der Waals surface area contributed by atoms with Gasteiger partial charge in [0.25, 0.3) is 0 Å². The summed E-state index contributed by atoms with van der Waals surface area (Å²) in [6.07, 6.45) is 0.469. The van der Waals surface area contributed by atoms with Crippen LogP contribution in [0.4, 0.5) is 10.1 Å². The third-order valence-corrected chi connectivity index (χ3v) is 4.44. The van der Waals surface area contributed by atoms with E-state index in [1.165, 1.54) is 12.1 Å². The highest BCUT2D eigenvalue weighted by Gasteiger charge is 2.17. The number of aromatic nitrogens is 1. The molecular weight excluding hydrogens is 339 g/mol. The van der Waals surface area contributed by atoms with E-state index in [1.807, 2.05) is 58.9 Å². The van der Waals surface area contributed by atoms with Gasteiger partial charge in [-0.15, -0.1) is 0 Å². The molecule has 0 bridgehead atoms. The molecule has 0 saturated carbocycles. The van der Waals surface area contributed by atoms with Crippen LogP contribution in [0.25, 0.3) is 22.2 Å². The van der Waals surface area contributed by atoms with Crippen molar-refractivity contribution >= 4 is 22.5 Å². The second-order valence-electron chi connectivity index (χ2n) is 8.30. The fraction of sp³-hybridized carbons (Fsp3) is 0.304. The van der Waals surface area contributed by atoms with Gasteiger partial charge in [-0.2, -0.15) is 0 Å². The maximum absolute atomic E-state index is 13.4. The van der Waals surface area contributed by atoms with Crippen LogP contribution >= 0.6 is 0 Å². The van der Waals surface area contributed by atoms with Gasteiger partial charge in [-0.1, -0.05) is 26.8 Å². The second kappa shape index (κ2) is 7.10. The Balaban J connectivity index is 1.92. The minimum Gasteiger partial charge on any atom is -0.326 e. The molecule has 0 atom stereocenters. The lowest BCUT2D eigenvalue weighted by Crippen LogP contribution is -2.20. The lowest BCUT2D eigenvalue weighted by atomic mass is 9.91. The van der Waals surface area contributed by atoms with Crippen LogP contribution in [0.5, 0.6) is 0 Å². The normalized spacial score (nSPS) is 11.6. The fourth-order valence-corrected chi connectivity index (χ4v) is 3.23. The van der Waals surface area contributed by atoms with Crippen molar-refractivity contribution in [2.24, 2.45) is 5.41 Å². The highest BCUT2D eigenvalue weighted by Crippen LogP contribution is 2.29. The summed E-state index contributed by atoms with van der Waals surface area (Å²) in [5, 5.41) is 3.82. The lowest BCUT2D eigenvalue weighted by Gasteiger charge is -2.19. The molecule has 3 rings (SSSR count). The van der Waals surface area contributed by atoms with Crippen molar-refractivity contribution in [2.45, 2.75) is 41.0 Å². The second-order valence-corrected chi connectivity index (χ2v) is 8.30. The summed E-state index contributed by atoms with van der Waals surface area (Å²) in [4.78, 5) is 17.0. The number of anilines is 1. The zero-order chi connectivity index (χ0) is 19.8. The third kappa shape index (κ3) is 4.51. The van der Waals surface area contributed by atoms with Gasteiger partial charge in [-0.3, -0.25) is 4.79 Å². The topological polar surface area (TPSA) is 42.0 Å². The molecule has 4 heteroatoms. The summed E-state index contributed by atoms with van der Waals surface area (Å²) in [6.45, 7) is 10.1. The van der Waals surface area contributed by atoms with Crippen molar-refractivity contribution in [2.75, 3.05) is 5.32 Å². The summed E-state index contributed by atoms with van der Waals surface area (Å²) < 4.78 is 13.4. The smallest absolute Gasteiger partial charge is 0.224 e. The number of amides is 1. The summed E-state index contributed by atoms with van der Waals surface area (Å²) in [5.74, 6) is -0.244. The molecule has 140 valence electrons. The molecule has 0 aliphatic carbocycles. The van der Waals surface area contributed by atoms with E-state index in [0.717, 1.165) is 39.0 Å². The number of hydrogen-bond acceptors (Lipinski definition) is 2. The van der Waals surface area contributed by atoms with Crippen LogP contribution < -0.4 is 5.32 Å². The predicted molar refractivity (Wildman–Crippen MR) is 109 cm³/mol. The van der Waals surface area contributed by atoms with Crippen LogP contribution in [-0.2, 0) is 4.79 Å². The standard InChI is InChI=1S/C23H25FN2O/c1-14-10-17(11-15(2)22(14)26-21(27)13-23(3,4)5)20-8-6-16-12-18(24)7-9-19(16)25-20/h6-12H,13H2,1-5H3,(H,26,27). The first-order valence-electron chi connectivity index (χ1n) is 9.10. The molecule has 1 N–H and O–H groups in total. The van der Waals surface area contributed by atoms with Crippen LogP contribution in [-0.4, -0.2) is 10.9 Å². The number of carbonyl (C=O) groups is 1. The number of rotatable bonds is 3. The Kier molecular flexibility index (Phi) is 5.01. The minimum atomic E-state index is -0.265. The first-order chi connectivity index (χ1) is 12.6. The lowest BCUT2D eigenvalue weighted by molar-refractivity contribution is -0.117. The number of benzene rings is 2. The molecule has 0 spiro atoms. The molecule has 0 radical (unpaired) electrons. The molecule has 0 fully saturated rings. The van der Waals surface area contributed by atoms with E-state index < -0.39 is 0 Å². The zero-order valence-corrected chi connectivity index (χ0v) is 16.5. The van der Waals surface area contributed by atoms with E-state index in [2.05, 4.69) is 10.3 Å². The summed E-state index contributed by atoms with van der Waals surface area (Å²) in [6, 6.07) is 12.4. The van der Waals surface area contributed by atoms with E-state index in [4.69, 9.17) is 0 Å². The largest absolute Gasteiger partial charge is 0.326 e. The SMILES string of the molecule is Cc1cc(-c2ccc3cc(F)ccc3n2)cc(C)c1NC(=O)CC(C)(C)C. The zero-order valence-electron chi connectivity index (χ0n) is 16.5. The summed E-state index contributed by atoms with van der Waals surface area (Å²) in [5.41, 5.74) is 5.35. The van der Waals surface area contributed by atoms with Crippen LogP contribution in [0.15, 0.2) is 42.5 Å². The Morgan fingerprint density at radius 2 is 1.70 bits per heavy atom. The van der Waals surface area contributed by atoms with Crippen LogP contribution in [0, 0.1) is 25.1 Å². The molecule has 0 aliphatic heterocycles. The molecule has 3 nitrogen and oxygen atoms in total. The quantitative estimate of drug-likeness (QED) is 0.616. The van der Waals surface area contributed by atoms with Crippen LogP contribution in [0.3, 0.4) is 0 Å². The van der Waals surface area contributed by atoms with Gasteiger partial charge in [0, 0.05) is 23.1 Å². The number of aryl methyl sites for hydroxylation is 2. The van der Waals surface area contributed by atoms with Gasteiger partial charge in [-0.05, 0) is 66.8 Å². The monoisotopic (exact) mass is 364 g/mol. The van der Waals surface area contributed by atoms with Gasteiger partial charge in [0.05, 0.1) is 11.2 Å². The number of hydrogen-bond donors (Lipinski definition) is 1. The molecule has 27 heavy (non-hydrogen) atoms. The summed E-state index contributed by atoms with van der Waals surface area (Å²) in [7, 11) is 0. The highest BCUT2D eigenvalue weighted by molar-refractivity contribution is 5.93. The molecule has 0 saturated heterocycles. The van der Waals surface area contributed by atoms with E-state index in [1.54, 1.807) is 6.07 Å². The molecule has 2 aromatic carbocycles. The number of nitrogens with zero attached hydrogens (tertiary/aromatic N) is 1. The highest BCUT2D eigenvalue weighted by atomic mass is 19.1. The third-order valence-electron chi connectivity index (χ3n) is 4.44. The van der Waals surface area contributed by atoms with Crippen molar-refractivity contribution in [3.63, 3.8) is 0 Å². The number of halogens is 1. The maximum Gasteiger partial charge on any atom is 0.224 e. The van der Waals surface area contributed by atoms with Gasteiger partial charge in [-0.25, -0.2) is 9.37 Å². The molecule has 0 unspecified atom stereocenters. The number of pyridine rings is 1.